The molecule has 0 unspecified atom stereocenters. The molecule has 5 heteroatoms. The van der Waals surface area contributed by atoms with Crippen LogP contribution in [0.1, 0.15) is 18.0 Å². The molecule has 4 nitrogen and oxygen atoms in total. The maximum Gasteiger partial charge on any atom is 0.405 e. The first-order valence-corrected chi connectivity index (χ1v) is 5.14. The van der Waals surface area contributed by atoms with Gasteiger partial charge in [0.2, 0.25) is 0 Å². The molecule has 0 aliphatic carbocycles. The summed E-state index contributed by atoms with van der Waals surface area (Å²) in [6, 6.07) is 3.28. The molecule has 1 atom stereocenters. The summed E-state index contributed by atoms with van der Waals surface area (Å²) in [7, 11) is 0. The molecule has 0 aromatic carbocycles. The molecule has 0 radical (unpaired) electrons. The SMILES string of the molecule is C=CC[C@H](NC(=O)O)c1ccnc(Br)c1. The average Bonchev–Trinajstić information content (AvgIpc) is 2.16. The summed E-state index contributed by atoms with van der Waals surface area (Å²) in [5.74, 6) is 0. The molecular formula is C10H11BrN2O2. The lowest BCUT2D eigenvalue weighted by Crippen LogP contribution is -2.26. The molecule has 1 rings (SSSR count). The Balaban J connectivity index is 2.87. The van der Waals surface area contributed by atoms with E-state index in [1.807, 2.05) is 0 Å². The fourth-order valence-electron chi connectivity index (χ4n) is 1.23. The average molecular weight is 271 g/mol. The van der Waals surface area contributed by atoms with E-state index in [9.17, 15) is 4.79 Å². The molecule has 1 amide bonds. The minimum absolute atomic E-state index is 0.278. The molecule has 0 spiro atoms. The van der Waals surface area contributed by atoms with Crippen molar-refractivity contribution in [2.45, 2.75) is 12.5 Å². The van der Waals surface area contributed by atoms with Gasteiger partial charge >= 0.3 is 6.09 Å². The van der Waals surface area contributed by atoms with Gasteiger partial charge in [0.15, 0.2) is 0 Å². The molecule has 1 heterocycles. The second-order valence-corrected chi connectivity index (χ2v) is 3.75. The van der Waals surface area contributed by atoms with Crippen LogP contribution in [0.3, 0.4) is 0 Å². The number of nitrogens with zero attached hydrogens (tertiary/aromatic N) is 1. The number of pyridine rings is 1. The van der Waals surface area contributed by atoms with Gasteiger partial charge in [-0.1, -0.05) is 6.08 Å². The van der Waals surface area contributed by atoms with Crippen molar-refractivity contribution in [3.63, 3.8) is 0 Å². The smallest absolute Gasteiger partial charge is 0.405 e. The maximum absolute atomic E-state index is 10.6. The van der Waals surface area contributed by atoms with Crippen LogP contribution in [0.5, 0.6) is 0 Å². The van der Waals surface area contributed by atoms with Crippen molar-refractivity contribution in [3.05, 3.63) is 41.2 Å². The summed E-state index contributed by atoms with van der Waals surface area (Å²) >= 11 is 3.24. The summed E-state index contributed by atoms with van der Waals surface area (Å²) in [6.45, 7) is 3.60. The Morgan fingerprint density at radius 1 is 1.80 bits per heavy atom. The molecule has 2 N–H and O–H groups in total. The van der Waals surface area contributed by atoms with E-state index in [2.05, 4.69) is 32.8 Å². The number of carbonyl (C=O) groups is 1. The van der Waals surface area contributed by atoms with Crippen molar-refractivity contribution in [1.29, 1.82) is 0 Å². The number of nitrogens with one attached hydrogen (secondary N) is 1. The van der Waals surface area contributed by atoms with Crippen LogP contribution >= 0.6 is 15.9 Å². The highest BCUT2D eigenvalue weighted by Crippen LogP contribution is 2.19. The van der Waals surface area contributed by atoms with Crippen LogP contribution in [-0.4, -0.2) is 16.2 Å². The molecule has 0 fully saturated rings. The topological polar surface area (TPSA) is 62.2 Å². The van der Waals surface area contributed by atoms with E-state index < -0.39 is 6.09 Å². The van der Waals surface area contributed by atoms with Gasteiger partial charge in [0.1, 0.15) is 4.60 Å². The Morgan fingerprint density at radius 3 is 3.07 bits per heavy atom. The highest BCUT2D eigenvalue weighted by molar-refractivity contribution is 9.10. The summed E-state index contributed by atoms with van der Waals surface area (Å²) < 4.78 is 0.682. The van der Waals surface area contributed by atoms with Crippen molar-refractivity contribution in [2.75, 3.05) is 0 Å². The minimum atomic E-state index is -1.05. The number of carboxylic acid groups (broad SMARTS) is 1. The van der Waals surface area contributed by atoms with Gasteiger partial charge in [0.25, 0.3) is 0 Å². The fraction of sp³-hybridized carbons (Fsp3) is 0.200. The van der Waals surface area contributed by atoms with Crippen molar-refractivity contribution < 1.29 is 9.90 Å². The maximum atomic E-state index is 10.6. The van der Waals surface area contributed by atoms with Gasteiger partial charge in [0.05, 0.1) is 6.04 Å². The highest BCUT2D eigenvalue weighted by atomic mass is 79.9. The first-order valence-electron chi connectivity index (χ1n) is 4.35. The van der Waals surface area contributed by atoms with Crippen molar-refractivity contribution in [3.8, 4) is 0 Å². The van der Waals surface area contributed by atoms with Crippen LogP contribution in [0.25, 0.3) is 0 Å². The molecule has 0 aliphatic rings. The molecule has 0 saturated carbocycles. The molecular weight excluding hydrogens is 260 g/mol. The van der Waals surface area contributed by atoms with E-state index in [0.717, 1.165) is 5.56 Å². The van der Waals surface area contributed by atoms with Crippen LogP contribution in [-0.2, 0) is 0 Å². The largest absolute Gasteiger partial charge is 0.465 e. The molecule has 0 saturated heterocycles. The number of rotatable bonds is 4. The molecule has 0 bridgehead atoms. The van der Waals surface area contributed by atoms with Crippen LogP contribution in [0.4, 0.5) is 4.79 Å². The summed E-state index contributed by atoms with van der Waals surface area (Å²) in [5, 5.41) is 11.1. The van der Waals surface area contributed by atoms with E-state index in [1.54, 1.807) is 24.4 Å². The molecule has 15 heavy (non-hydrogen) atoms. The zero-order chi connectivity index (χ0) is 11.3. The van der Waals surface area contributed by atoms with Crippen molar-refractivity contribution in [2.24, 2.45) is 0 Å². The molecule has 0 aliphatic heterocycles. The third-order valence-corrected chi connectivity index (χ3v) is 2.29. The van der Waals surface area contributed by atoms with Crippen LogP contribution in [0, 0.1) is 0 Å². The second-order valence-electron chi connectivity index (χ2n) is 2.94. The van der Waals surface area contributed by atoms with Crippen LogP contribution in [0.15, 0.2) is 35.6 Å². The lowest BCUT2D eigenvalue weighted by atomic mass is 10.1. The van der Waals surface area contributed by atoms with Crippen molar-refractivity contribution >= 4 is 22.0 Å². The number of hydrogen-bond acceptors (Lipinski definition) is 2. The van der Waals surface area contributed by atoms with E-state index >= 15 is 0 Å². The molecule has 1 aromatic heterocycles. The summed E-state index contributed by atoms with van der Waals surface area (Å²) in [4.78, 5) is 14.5. The quantitative estimate of drug-likeness (QED) is 0.653. The van der Waals surface area contributed by atoms with Gasteiger partial charge in [0, 0.05) is 6.20 Å². The Morgan fingerprint density at radius 2 is 2.53 bits per heavy atom. The number of hydrogen-bond donors (Lipinski definition) is 2. The predicted molar refractivity (Wildman–Crippen MR) is 60.7 cm³/mol. The van der Waals surface area contributed by atoms with Crippen LogP contribution < -0.4 is 5.32 Å². The van der Waals surface area contributed by atoms with E-state index in [1.165, 1.54) is 0 Å². The lowest BCUT2D eigenvalue weighted by Gasteiger charge is -2.15. The third kappa shape index (κ3) is 3.71. The third-order valence-electron chi connectivity index (χ3n) is 1.85. The normalized spacial score (nSPS) is 11.8. The first-order chi connectivity index (χ1) is 7.13. The van der Waals surface area contributed by atoms with Gasteiger partial charge in [-0.15, -0.1) is 6.58 Å². The molecule has 80 valence electrons. The Hall–Kier alpha value is -1.36. The Labute approximate surface area is 96.2 Å². The zero-order valence-electron chi connectivity index (χ0n) is 7.98. The van der Waals surface area contributed by atoms with Gasteiger partial charge in [-0.05, 0) is 40.0 Å². The number of aromatic nitrogens is 1. The van der Waals surface area contributed by atoms with Gasteiger partial charge < -0.3 is 10.4 Å². The predicted octanol–water partition coefficient (Wildman–Crippen LogP) is 2.73. The van der Waals surface area contributed by atoms with Crippen LogP contribution in [0.2, 0.25) is 0 Å². The van der Waals surface area contributed by atoms with E-state index in [0.29, 0.717) is 11.0 Å². The minimum Gasteiger partial charge on any atom is -0.465 e. The second kappa shape index (κ2) is 5.50. The van der Waals surface area contributed by atoms with E-state index in [-0.39, 0.29) is 6.04 Å². The van der Waals surface area contributed by atoms with E-state index in [4.69, 9.17) is 5.11 Å². The van der Waals surface area contributed by atoms with Gasteiger partial charge in [-0.2, -0.15) is 0 Å². The number of halogens is 1. The van der Waals surface area contributed by atoms with Crippen molar-refractivity contribution in [1.82, 2.24) is 10.3 Å². The van der Waals surface area contributed by atoms with Gasteiger partial charge in [-0.25, -0.2) is 9.78 Å². The Bertz CT molecular complexity index is 368. The molecule has 1 aromatic rings. The standard InChI is InChI=1S/C10H11BrN2O2/c1-2-3-8(13-10(14)15)7-4-5-12-9(11)6-7/h2,4-6,8,13H,1,3H2,(H,14,15)/t8-/m0/s1. The fourth-order valence-corrected chi connectivity index (χ4v) is 1.61. The monoisotopic (exact) mass is 270 g/mol. The first kappa shape index (κ1) is 11.7. The Kier molecular flexibility index (Phi) is 4.30. The zero-order valence-corrected chi connectivity index (χ0v) is 9.57. The highest BCUT2D eigenvalue weighted by Gasteiger charge is 2.12. The van der Waals surface area contributed by atoms with Gasteiger partial charge in [-0.3, -0.25) is 0 Å². The number of amides is 1. The lowest BCUT2D eigenvalue weighted by molar-refractivity contribution is 0.190. The summed E-state index contributed by atoms with van der Waals surface area (Å²) in [5.41, 5.74) is 0.860. The summed E-state index contributed by atoms with van der Waals surface area (Å²) in [6.07, 6.45) is 2.80.